The molecule has 0 bridgehead atoms. The molecule has 4 rings (SSSR count). The molecule has 9 nitrogen and oxygen atoms in total. The van der Waals surface area contributed by atoms with E-state index in [1.54, 1.807) is 6.07 Å². The van der Waals surface area contributed by atoms with Crippen LogP contribution in [0.4, 0.5) is 10.1 Å². The highest BCUT2D eigenvalue weighted by molar-refractivity contribution is 7.93. The highest BCUT2D eigenvalue weighted by atomic mass is 35.5. The van der Waals surface area contributed by atoms with Crippen molar-refractivity contribution in [3.8, 4) is 0 Å². The SMILES string of the molecule is NNC(=O)c1ccc(CN(c2ccc(F)c(Cl)c2)S(=O)(=O)C2CCN(C3COC3)CC2)nc1. The second-order valence-corrected chi connectivity index (χ2v) is 10.6. The van der Waals surface area contributed by atoms with Gasteiger partial charge in [0.1, 0.15) is 5.82 Å². The van der Waals surface area contributed by atoms with E-state index in [0.717, 1.165) is 6.07 Å². The first-order valence-corrected chi connectivity index (χ1v) is 12.4. The molecular weight excluding hydrogens is 473 g/mol. The van der Waals surface area contributed by atoms with Crippen LogP contribution in [0.3, 0.4) is 0 Å². The largest absolute Gasteiger partial charge is 0.378 e. The van der Waals surface area contributed by atoms with E-state index in [1.807, 2.05) is 5.43 Å². The van der Waals surface area contributed by atoms with Gasteiger partial charge in [-0.1, -0.05) is 11.6 Å². The van der Waals surface area contributed by atoms with Crippen LogP contribution in [0.25, 0.3) is 0 Å². The number of nitrogens with one attached hydrogen (secondary N) is 1. The molecule has 2 aliphatic rings. The molecule has 3 heterocycles. The summed E-state index contributed by atoms with van der Waals surface area (Å²) < 4.78 is 47.7. The van der Waals surface area contributed by atoms with Gasteiger partial charge in [0.05, 0.1) is 53.0 Å². The van der Waals surface area contributed by atoms with Crippen LogP contribution in [-0.4, -0.2) is 61.8 Å². The average molecular weight is 498 g/mol. The molecule has 2 fully saturated rings. The Kier molecular flexibility index (Phi) is 7.15. The fraction of sp³-hybridized carbons (Fsp3) is 0.429. The second kappa shape index (κ2) is 9.90. The molecule has 0 atom stereocenters. The number of nitrogen functional groups attached to an aromatic ring is 1. The Balaban J connectivity index is 1.59. The number of anilines is 1. The normalized spacial score (nSPS) is 18.0. The summed E-state index contributed by atoms with van der Waals surface area (Å²) in [5, 5.41) is -0.767. The molecule has 1 amide bonds. The highest BCUT2D eigenvalue weighted by Crippen LogP contribution is 2.31. The summed E-state index contributed by atoms with van der Waals surface area (Å²) >= 11 is 5.96. The lowest BCUT2D eigenvalue weighted by atomic mass is 10.1. The number of amides is 1. The lowest BCUT2D eigenvalue weighted by Crippen LogP contribution is -2.54. The van der Waals surface area contributed by atoms with Crippen LogP contribution in [0.1, 0.15) is 28.9 Å². The number of pyridine rings is 1. The molecule has 12 heteroatoms. The molecular formula is C21H25ClFN5O4S. The number of hydrogen-bond donors (Lipinski definition) is 2. The minimum Gasteiger partial charge on any atom is -0.378 e. The number of benzene rings is 1. The number of aromatic nitrogens is 1. The van der Waals surface area contributed by atoms with Gasteiger partial charge in [0.15, 0.2) is 0 Å². The maximum atomic E-state index is 13.8. The number of piperidine rings is 1. The van der Waals surface area contributed by atoms with Gasteiger partial charge in [0, 0.05) is 6.20 Å². The van der Waals surface area contributed by atoms with Crippen molar-refractivity contribution in [2.45, 2.75) is 30.7 Å². The van der Waals surface area contributed by atoms with Crippen molar-refractivity contribution in [3.05, 3.63) is 58.6 Å². The lowest BCUT2D eigenvalue weighted by molar-refractivity contribution is -0.0695. The van der Waals surface area contributed by atoms with Gasteiger partial charge in [0.2, 0.25) is 10.0 Å². The fourth-order valence-electron chi connectivity index (χ4n) is 4.00. The molecule has 0 unspecified atom stereocenters. The molecule has 2 aliphatic heterocycles. The predicted molar refractivity (Wildman–Crippen MR) is 122 cm³/mol. The summed E-state index contributed by atoms with van der Waals surface area (Å²) in [5.41, 5.74) is 2.93. The summed E-state index contributed by atoms with van der Waals surface area (Å²) in [6, 6.07) is 7.24. The quantitative estimate of drug-likeness (QED) is 0.339. The Morgan fingerprint density at radius 3 is 2.55 bits per heavy atom. The van der Waals surface area contributed by atoms with Crippen molar-refractivity contribution in [2.24, 2.45) is 5.84 Å². The predicted octanol–water partition coefficient (Wildman–Crippen LogP) is 1.68. The molecule has 0 radical (unpaired) electrons. The molecule has 1 aromatic carbocycles. The van der Waals surface area contributed by atoms with Crippen LogP contribution in [-0.2, 0) is 21.3 Å². The number of likely N-dealkylation sites (tertiary alicyclic amines) is 1. The average Bonchev–Trinajstić information content (AvgIpc) is 2.78. The van der Waals surface area contributed by atoms with Crippen LogP contribution in [0.15, 0.2) is 36.5 Å². The fourth-order valence-corrected chi connectivity index (χ4v) is 6.06. The number of carbonyl (C=O) groups is 1. The van der Waals surface area contributed by atoms with E-state index < -0.39 is 27.0 Å². The van der Waals surface area contributed by atoms with Crippen molar-refractivity contribution in [3.63, 3.8) is 0 Å². The van der Waals surface area contributed by atoms with Gasteiger partial charge in [-0.3, -0.25) is 24.4 Å². The van der Waals surface area contributed by atoms with E-state index in [-0.39, 0.29) is 22.8 Å². The molecule has 2 saturated heterocycles. The minimum absolute atomic E-state index is 0.0918. The number of hydrogen-bond acceptors (Lipinski definition) is 7. The third-order valence-corrected chi connectivity index (χ3v) is 8.61. The first-order valence-electron chi connectivity index (χ1n) is 10.5. The second-order valence-electron chi connectivity index (χ2n) is 8.09. The Morgan fingerprint density at radius 1 is 1.27 bits per heavy atom. The van der Waals surface area contributed by atoms with Gasteiger partial charge in [-0.15, -0.1) is 0 Å². The lowest BCUT2D eigenvalue weighted by Gasteiger charge is -2.42. The maximum Gasteiger partial charge on any atom is 0.266 e. The van der Waals surface area contributed by atoms with Crippen molar-refractivity contribution >= 4 is 33.2 Å². The molecule has 178 valence electrons. The number of halogens is 2. The van der Waals surface area contributed by atoms with Crippen molar-refractivity contribution in [2.75, 3.05) is 30.6 Å². The van der Waals surface area contributed by atoms with Gasteiger partial charge in [-0.2, -0.15) is 0 Å². The minimum atomic E-state index is -3.82. The van der Waals surface area contributed by atoms with Crippen LogP contribution in [0, 0.1) is 5.82 Å². The Hall–Kier alpha value is -2.31. The zero-order valence-electron chi connectivity index (χ0n) is 17.8. The van der Waals surface area contributed by atoms with Gasteiger partial charge < -0.3 is 4.74 Å². The highest BCUT2D eigenvalue weighted by Gasteiger charge is 2.38. The van der Waals surface area contributed by atoms with Gasteiger partial charge in [-0.05, 0) is 56.3 Å². The molecule has 0 saturated carbocycles. The van der Waals surface area contributed by atoms with E-state index in [1.165, 1.54) is 28.7 Å². The summed E-state index contributed by atoms with van der Waals surface area (Å²) in [5.74, 6) is 4.00. The third-order valence-electron chi connectivity index (χ3n) is 6.06. The Labute approximate surface area is 196 Å². The Bertz CT molecular complexity index is 1110. The Morgan fingerprint density at radius 2 is 2.00 bits per heavy atom. The smallest absolute Gasteiger partial charge is 0.266 e. The molecule has 2 aromatic rings. The van der Waals surface area contributed by atoms with Crippen molar-refractivity contribution in [1.82, 2.24) is 15.3 Å². The van der Waals surface area contributed by atoms with E-state index in [0.29, 0.717) is 50.9 Å². The van der Waals surface area contributed by atoms with Crippen LogP contribution >= 0.6 is 11.6 Å². The van der Waals surface area contributed by atoms with E-state index >= 15 is 0 Å². The number of rotatable bonds is 7. The summed E-state index contributed by atoms with van der Waals surface area (Å²) in [6.45, 7) is 2.60. The first-order chi connectivity index (χ1) is 15.8. The number of nitrogens with two attached hydrogens (primary N) is 1. The van der Waals surface area contributed by atoms with Crippen LogP contribution in [0.2, 0.25) is 5.02 Å². The molecule has 1 aromatic heterocycles. The zero-order chi connectivity index (χ0) is 23.6. The zero-order valence-corrected chi connectivity index (χ0v) is 19.4. The van der Waals surface area contributed by atoms with Crippen LogP contribution in [0.5, 0.6) is 0 Å². The molecule has 0 aliphatic carbocycles. The van der Waals surface area contributed by atoms with Gasteiger partial charge >= 0.3 is 0 Å². The number of ether oxygens (including phenoxy) is 1. The first kappa shape index (κ1) is 23.8. The molecule has 3 N–H and O–H groups in total. The molecule has 0 spiro atoms. The maximum absolute atomic E-state index is 13.8. The van der Waals surface area contributed by atoms with Crippen molar-refractivity contribution in [1.29, 1.82) is 0 Å². The molecule has 33 heavy (non-hydrogen) atoms. The van der Waals surface area contributed by atoms with E-state index in [2.05, 4.69) is 9.88 Å². The number of carbonyl (C=O) groups excluding carboxylic acids is 1. The number of nitrogens with zero attached hydrogens (tertiary/aromatic N) is 3. The summed E-state index contributed by atoms with van der Waals surface area (Å²) in [6.07, 6.45) is 2.28. The third kappa shape index (κ3) is 5.12. The topological polar surface area (TPSA) is 118 Å². The van der Waals surface area contributed by atoms with Crippen LogP contribution < -0.4 is 15.6 Å². The number of hydrazine groups is 1. The van der Waals surface area contributed by atoms with E-state index in [4.69, 9.17) is 22.2 Å². The number of sulfonamides is 1. The van der Waals surface area contributed by atoms with E-state index in [9.17, 15) is 17.6 Å². The van der Waals surface area contributed by atoms with Gasteiger partial charge in [0.25, 0.3) is 5.91 Å². The summed E-state index contributed by atoms with van der Waals surface area (Å²) in [4.78, 5) is 18.1. The van der Waals surface area contributed by atoms with Gasteiger partial charge in [-0.25, -0.2) is 18.7 Å². The monoisotopic (exact) mass is 497 g/mol. The summed E-state index contributed by atoms with van der Waals surface area (Å²) in [7, 11) is -3.82. The van der Waals surface area contributed by atoms with Crippen molar-refractivity contribution < 1.29 is 22.3 Å². The standard InChI is InChI=1S/C21H25ClFN5O4S/c22-19-9-16(3-4-20(19)23)28(11-15-2-1-14(10-25-15)21(29)26-24)33(30,31)18-5-7-27(8-6-18)17-12-32-13-17/h1-4,9-10,17-18H,5-8,11-13,24H2,(H,26,29).